The van der Waals surface area contributed by atoms with E-state index in [0.29, 0.717) is 5.92 Å². The molecule has 0 aliphatic carbocycles. The summed E-state index contributed by atoms with van der Waals surface area (Å²) < 4.78 is 0. The maximum atomic E-state index is 9.12. The Morgan fingerprint density at radius 1 is 1.26 bits per heavy atom. The first-order chi connectivity index (χ1) is 9.10. The molecule has 3 N–H and O–H groups in total. The van der Waals surface area contributed by atoms with Crippen LogP contribution in [-0.2, 0) is 0 Å². The molecule has 1 rings (SSSR count). The van der Waals surface area contributed by atoms with Gasteiger partial charge in [-0.25, -0.2) is 9.97 Å². The molecule has 1 heterocycles. The minimum absolute atomic E-state index is 0.181. The first kappa shape index (κ1) is 15.7. The van der Waals surface area contributed by atoms with Crippen LogP contribution in [0.1, 0.15) is 39.2 Å². The van der Waals surface area contributed by atoms with E-state index in [2.05, 4.69) is 41.4 Å². The van der Waals surface area contributed by atoms with Crippen molar-refractivity contribution in [3.63, 3.8) is 0 Å². The fourth-order valence-corrected chi connectivity index (χ4v) is 1.90. The van der Waals surface area contributed by atoms with E-state index < -0.39 is 0 Å². The standard InChI is InChI=1S/C14H26N4O/c1-5-7-15-13-11(4)14(17-9-16-13)18-12(6-8-19)10(2)3/h9-10,12,19H,5-8H2,1-4H3,(H2,15,16,17,18). The van der Waals surface area contributed by atoms with Crippen LogP contribution in [0.4, 0.5) is 11.6 Å². The van der Waals surface area contributed by atoms with Crippen LogP contribution in [0.3, 0.4) is 0 Å². The van der Waals surface area contributed by atoms with Crippen LogP contribution < -0.4 is 10.6 Å². The van der Waals surface area contributed by atoms with Crippen molar-refractivity contribution in [1.29, 1.82) is 0 Å². The SMILES string of the molecule is CCCNc1ncnc(NC(CCO)C(C)C)c1C. The lowest BCUT2D eigenvalue weighted by Gasteiger charge is -2.23. The van der Waals surface area contributed by atoms with E-state index in [-0.39, 0.29) is 12.6 Å². The van der Waals surface area contributed by atoms with Gasteiger partial charge in [-0.05, 0) is 25.7 Å². The minimum atomic E-state index is 0.181. The van der Waals surface area contributed by atoms with E-state index in [1.54, 1.807) is 6.33 Å². The van der Waals surface area contributed by atoms with Crippen molar-refractivity contribution in [2.75, 3.05) is 23.8 Å². The Kier molecular flexibility index (Phi) is 6.56. The molecule has 0 spiro atoms. The summed E-state index contributed by atoms with van der Waals surface area (Å²) in [6.45, 7) is 9.50. The Bertz CT molecular complexity index is 382. The van der Waals surface area contributed by atoms with Gasteiger partial charge < -0.3 is 15.7 Å². The van der Waals surface area contributed by atoms with Gasteiger partial charge in [0.15, 0.2) is 0 Å². The molecule has 5 heteroatoms. The highest BCUT2D eigenvalue weighted by molar-refractivity contribution is 5.56. The fourth-order valence-electron chi connectivity index (χ4n) is 1.90. The van der Waals surface area contributed by atoms with Gasteiger partial charge in [0, 0.05) is 24.8 Å². The van der Waals surface area contributed by atoms with Crippen molar-refractivity contribution in [2.45, 2.75) is 46.6 Å². The Morgan fingerprint density at radius 3 is 2.53 bits per heavy atom. The summed E-state index contributed by atoms with van der Waals surface area (Å²) in [6.07, 6.45) is 3.35. The van der Waals surface area contributed by atoms with E-state index in [1.165, 1.54) is 0 Å². The molecule has 1 aromatic rings. The summed E-state index contributed by atoms with van der Waals surface area (Å²) in [6, 6.07) is 0.220. The van der Waals surface area contributed by atoms with Crippen LogP contribution in [-0.4, -0.2) is 34.3 Å². The molecule has 0 fully saturated rings. The molecular weight excluding hydrogens is 240 g/mol. The van der Waals surface area contributed by atoms with Crippen molar-refractivity contribution in [3.05, 3.63) is 11.9 Å². The summed E-state index contributed by atoms with van der Waals surface area (Å²) in [7, 11) is 0. The Balaban J connectivity index is 2.82. The van der Waals surface area contributed by atoms with Gasteiger partial charge in [-0.1, -0.05) is 20.8 Å². The lowest BCUT2D eigenvalue weighted by atomic mass is 10.0. The highest BCUT2D eigenvalue weighted by Gasteiger charge is 2.15. The van der Waals surface area contributed by atoms with Gasteiger partial charge >= 0.3 is 0 Å². The smallest absolute Gasteiger partial charge is 0.134 e. The molecule has 0 aromatic carbocycles. The van der Waals surface area contributed by atoms with Gasteiger partial charge in [-0.15, -0.1) is 0 Å². The average molecular weight is 266 g/mol. The van der Waals surface area contributed by atoms with E-state index in [4.69, 9.17) is 5.11 Å². The van der Waals surface area contributed by atoms with Crippen molar-refractivity contribution in [2.24, 2.45) is 5.92 Å². The first-order valence-corrected chi connectivity index (χ1v) is 7.03. The average Bonchev–Trinajstić information content (AvgIpc) is 2.38. The molecule has 1 atom stereocenters. The van der Waals surface area contributed by atoms with E-state index >= 15 is 0 Å². The van der Waals surface area contributed by atoms with E-state index in [1.807, 2.05) is 6.92 Å². The van der Waals surface area contributed by atoms with Crippen LogP contribution in [0.25, 0.3) is 0 Å². The summed E-state index contributed by atoms with van der Waals surface area (Å²) in [4.78, 5) is 8.57. The molecule has 0 saturated carbocycles. The molecule has 0 radical (unpaired) electrons. The van der Waals surface area contributed by atoms with Gasteiger partial charge in [0.1, 0.15) is 18.0 Å². The number of rotatable bonds is 8. The fraction of sp³-hybridized carbons (Fsp3) is 0.714. The maximum Gasteiger partial charge on any atom is 0.134 e. The van der Waals surface area contributed by atoms with Gasteiger partial charge in [0.25, 0.3) is 0 Å². The number of aromatic nitrogens is 2. The highest BCUT2D eigenvalue weighted by atomic mass is 16.3. The van der Waals surface area contributed by atoms with Crippen molar-refractivity contribution in [1.82, 2.24) is 9.97 Å². The molecule has 0 aliphatic rings. The van der Waals surface area contributed by atoms with Crippen molar-refractivity contribution in [3.8, 4) is 0 Å². The summed E-state index contributed by atoms with van der Waals surface area (Å²) in [5.74, 6) is 2.17. The second-order valence-corrected chi connectivity index (χ2v) is 5.13. The Morgan fingerprint density at radius 2 is 1.95 bits per heavy atom. The molecule has 1 unspecified atom stereocenters. The van der Waals surface area contributed by atoms with Gasteiger partial charge in [0.2, 0.25) is 0 Å². The number of nitrogens with one attached hydrogen (secondary N) is 2. The predicted octanol–water partition coefficient (Wildman–Crippen LogP) is 2.43. The molecule has 0 saturated heterocycles. The Labute approximate surface area is 115 Å². The first-order valence-electron chi connectivity index (χ1n) is 7.03. The lowest BCUT2D eigenvalue weighted by Crippen LogP contribution is -2.28. The van der Waals surface area contributed by atoms with Gasteiger partial charge in [-0.3, -0.25) is 0 Å². The number of anilines is 2. The lowest BCUT2D eigenvalue weighted by molar-refractivity contribution is 0.267. The molecule has 108 valence electrons. The zero-order valence-electron chi connectivity index (χ0n) is 12.4. The monoisotopic (exact) mass is 266 g/mol. The van der Waals surface area contributed by atoms with Crippen LogP contribution in [0, 0.1) is 12.8 Å². The van der Waals surface area contributed by atoms with Crippen LogP contribution in [0.15, 0.2) is 6.33 Å². The molecule has 1 aromatic heterocycles. The minimum Gasteiger partial charge on any atom is -0.396 e. The number of aliphatic hydroxyl groups is 1. The molecular formula is C14H26N4O. The number of nitrogens with zero attached hydrogens (tertiary/aromatic N) is 2. The number of hydrogen-bond acceptors (Lipinski definition) is 5. The Hall–Kier alpha value is -1.36. The molecule has 5 nitrogen and oxygen atoms in total. The molecule has 0 aliphatic heterocycles. The maximum absolute atomic E-state index is 9.12. The normalized spacial score (nSPS) is 12.5. The molecule has 0 bridgehead atoms. The van der Waals surface area contributed by atoms with E-state index in [0.717, 1.165) is 36.6 Å². The van der Waals surface area contributed by atoms with Crippen LogP contribution in [0.5, 0.6) is 0 Å². The highest BCUT2D eigenvalue weighted by Crippen LogP contribution is 2.21. The van der Waals surface area contributed by atoms with Crippen molar-refractivity contribution >= 4 is 11.6 Å². The number of aliphatic hydroxyl groups excluding tert-OH is 1. The van der Waals surface area contributed by atoms with Crippen LogP contribution >= 0.6 is 0 Å². The summed E-state index contributed by atoms with van der Waals surface area (Å²) in [5.41, 5.74) is 1.03. The van der Waals surface area contributed by atoms with Crippen LogP contribution in [0.2, 0.25) is 0 Å². The zero-order valence-corrected chi connectivity index (χ0v) is 12.4. The number of hydrogen-bond donors (Lipinski definition) is 3. The largest absolute Gasteiger partial charge is 0.396 e. The van der Waals surface area contributed by atoms with E-state index in [9.17, 15) is 0 Å². The topological polar surface area (TPSA) is 70.1 Å². The molecule has 19 heavy (non-hydrogen) atoms. The predicted molar refractivity (Wildman–Crippen MR) is 79.5 cm³/mol. The van der Waals surface area contributed by atoms with Crippen molar-refractivity contribution < 1.29 is 5.11 Å². The summed E-state index contributed by atoms with van der Waals surface area (Å²) >= 11 is 0. The quantitative estimate of drug-likeness (QED) is 0.674. The zero-order chi connectivity index (χ0) is 14.3. The third-order valence-corrected chi connectivity index (χ3v) is 3.19. The summed E-state index contributed by atoms with van der Waals surface area (Å²) in [5, 5.41) is 15.8. The second kappa shape index (κ2) is 7.94. The van der Waals surface area contributed by atoms with Gasteiger partial charge in [-0.2, -0.15) is 0 Å². The third-order valence-electron chi connectivity index (χ3n) is 3.19. The third kappa shape index (κ3) is 4.67. The molecule has 0 amide bonds. The van der Waals surface area contributed by atoms with Gasteiger partial charge in [0.05, 0.1) is 0 Å². The second-order valence-electron chi connectivity index (χ2n) is 5.13.